The number of amides is 2. The van der Waals surface area contributed by atoms with Gasteiger partial charge < -0.3 is 5.32 Å². The number of carbonyl (C=O) groups is 2. The van der Waals surface area contributed by atoms with Gasteiger partial charge in [0.05, 0.1) is 16.7 Å². The van der Waals surface area contributed by atoms with E-state index in [0.29, 0.717) is 0 Å². The average molecular weight is 408 g/mol. The van der Waals surface area contributed by atoms with Crippen LogP contribution in [0.2, 0.25) is 0 Å². The van der Waals surface area contributed by atoms with Crippen molar-refractivity contribution in [1.82, 2.24) is 10.7 Å². The van der Waals surface area contributed by atoms with E-state index in [1.165, 1.54) is 43.3 Å². The summed E-state index contributed by atoms with van der Waals surface area (Å²) < 4.78 is 38.7. The molecule has 0 aliphatic carbocycles. The van der Waals surface area contributed by atoms with Gasteiger partial charge in [0.2, 0.25) is 0 Å². The van der Waals surface area contributed by atoms with Crippen molar-refractivity contribution in [2.45, 2.75) is 19.1 Å². The van der Waals surface area contributed by atoms with Gasteiger partial charge in [-0.3, -0.25) is 19.7 Å². The Bertz CT molecular complexity index is 960. The predicted molar refractivity (Wildman–Crippen MR) is 97.2 cm³/mol. The summed E-state index contributed by atoms with van der Waals surface area (Å²) in [6.07, 6.45) is -3.73. The highest BCUT2D eigenvalue weighted by atomic mass is 19.4. The van der Waals surface area contributed by atoms with Crippen molar-refractivity contribution in [3.05, 3.63) is 75.3 Å². The number of nitrogens with one attached hydrogen (secondary N) is 2. The molecule has 0 spiro atoms. The summed E-state index contributed by atoms with van der Waals surface area (Å²) in [5.41, 5.74) is 0.567. The van der Waals surface area contributed by atoms with E-state index >= 15 is 0 Å². The maximum Gasteiger partial charge on any atom is 0.417 e. The molecule has 0 unspecified atom stereocenters. The van der Waals surface area contributed by atoms with E-state index in [0.717, 1.165) is 18.3 Å². The lowest BCUT2D eigenvalue weighted by atomic mass is 10.1. The number of hydrogen-bond donors (Lipinski definition) is 2. The molecule has 11 heteroatoms. The van der Waals surface area contributed by atoms with Crippen LogP contribution in [0.1, 0.15) is 28.4 Å². The SMILES string of the molecule is C[C@@H](NC(=O)c1cccc([N+](=O)[O-])c1)C(=O)N/N=C\c1ccccc1C(F)(F)F. The molecule has 2 aromatic rings. The highest BCUT2D eigenvalue weighted by Crippen LogP contribution is 2.31. The van der Waals surface area contributed by atoms with E-state index in [1.54, 1.807) is 0 Å². The zero-order valence-electron chi connectivity index (χ0n) is 14.9. The van der Waals surface area contributed by atoms with Crippen LogP contribution < -0.4 is 10.7 Å². The van der Waals surface area contributed by atoms with Crippen molar-refractivity contribution in [2.75, 3.05) is 0 Å². The van der Waals surface area contributed by atoms with Crippen LogP contribution in [-0.4, -0.2) is 29.0 Å². The Morgan fingerprint density at radius 2 is 1.86 bits per heavy atom. The number of nitro benzene ring substituents is 1. The third-order valence-corrected chi connectivity index (χ3v) is 3.70. The summed E-state index contributed by atoms with van der Waals surface area (Å²) in [6, 6.07) is 8.49. The van der Waals surface area contributed by atoms with Gasteiger partial charge in [-0.1, -0.05) is 24.3 Å². The van der Waals surface area contributed by atoms with Crippen molar-refractivity contribution >= 4 is 23.7 Å². The van der Waals surface area contributed by atoms with Crippen LogP contribution in [0.4, 0.5) is 18.9 Å². The Morgan fingerprint density at radius 3 is 2.52 bits per heavy atom. The number of benzene rings is 2. The van der Waals surface area contributed by atoms with Crippen LogP contribution in [-0.2, 0) is 11.0 Å². The number of halogens is 3. The molecule has 2 amide bonds. The molecule has 2 aromatic carbocycles. The minimum Gasteiger partial charge on any atom is -0.340 e. The molecule has 152 valence electrons. The molecule has 2 N–H and O–H groups in total. The van der Waals surface area contributed by atoms with Crippen molar-refractivity contribution in [3.8, 4) is 0 Å². The largest absolute Gasteiger partial charge is 0.417 e. The fourth-order valence-electron chi connectivity index (χ4n) is 2.24. The molecule has 29 heavy (non-hydrogen) atoms. The van der Waals surface area contributed by atoms with Crippen molar-refractivity contribution < 1.29 is 27.7 Å². The monoisotopic (exact) mass is 408 g/mol. The number of rotatable bonds is 6. The van der Waals surface area contributed by atoms with Gasteiger partial charge in [0.25, 0.3) is 17.5 Å². The van der Waals surface area contributed by atoms with Crippen molar-refractivity contribution in [1.29, 1.82) is 0 Å². The van der Waals surface area contributed by atoms with Gasteiger partial charge in [-0.25, -0.2) is 5.43 Å². The summed E-state index contributed by atoms with van der Waals surface area (Å²) in [5.74, 6) is -1.52. The average Bonchev–Trinajstić information content (AvgIpc) is 2.67. The quantitative estimate of drug-likeness (QED) is 0.435. The maximum atomic E-state index is 12.9. The molecule has 0 bridgehead atoms. The second-order valence-electron chi connectivity index (χ2n) is 5.82. The van der Waals surface area contributed by atoms with Gasteiger partial charge in [0.1, 0.15) is 6.04 Å². The molecule has 1 atom stereocenters. The molecule has 0 fully saturated rings. The van der Waals surface area contributed by atoms with Crippen LogP contribution in [0, 0.1) is 10.1 Å². The lowest BCUT2D eigenvalue weighted by Crippen LogP contribution is -2.43. The smallest absolute Gasteiger partial charge is 0.340 e. The fourth-order valence-corrected chi connectivity index (χ4v) is 2.24. The molecule has 0 saturated carbocycles. The zero-order valence-corrected chi connectivity index (χ0v) is 14.9. The zero-order chi connectivity index (χ0) is 21.6. The van der Waals surface area contributed by atoms with E-state index in [4.69, 9.17) is 0 Å². The fraction of sp³-hybridized carbons (Fsp3) is 0.167. The summed E-state index contributed by atoms with van der Waals surface area (Å²) in [5, 5.41) is 16.6. The molecule has 2 rings (SSSR count). The lowest BCUT2D eigenvalue weighted by molar-refractivity contribution is -0.384. The first-order valence-corrected chi connectivity index (χ1v) is 8.14. The highest BCUT2D eigenvalue weighted by Gasteiger charge is 2.32. The Morgan fingerprint density at radius 1 is 1.17 bits per heavy atom. The van der Waals surface area contributed by atoms with E-state index in [2.05, 4.69) is 10.4 Å². The molecular formula is C18H15F3N4O4. The first kappa shape index (κ1) is 21.5. The normalized spacial score (nSPS) is 12.4. The second-order valence-corrected chi connectivity index (χ2v) is 5.82. The summed E-state index contributed by atoms with van der Waals surface area (Å²) in [6.45, 7) is 1.32. The van der Waals surface area contributed by atoms with Gasteiger partial charge in [-0.05, 0) is 19.1 Å². The van der Waals surface area contributed by atoms with Crippen molar-refractivity contribution in [3.63, 3.8) is 0 Å². The van der Waals surface area contributed by atoms with Gasteiger partial charge >= 0.3 is 6.18 Å². The third kappa shape index (κ3) is 5.86. The number of non-ortho nitro benzene ring substituents is 1. The van der Waals surface area contributed by atoms with Crippen LogP contribution in [0.15, 0.2) is 53.6 Å². The van der Waals surface area contributed by atoms with Crippen LogP contribution in [0.5, 0.6) is 0 Å². The Balaban J connectivity index is 2.00. The minimum atomic E-state index is -4.58. The van der Waals surface area contributed by atoms with Gasteiger partial charge in [0, 0.05) is 23.3 Å². The topological polar surface area (TPSA) is 114 Å². The standard InChI is InChI=1S/C18H15F3N4O4/c1-11(23-17(27)12-6-4-7-14(9-12)25(28)29)16(26)24-22-10-13-5-2-3-8-15(13)18(19,20)21/h2-11H,1H3,(H,23,27)(H,24,26)/b22-10-/t11-/m1/s1. The van der Waals surface area contributed by atoms with Crippen molar-refractivity contribution in [2.24, 2.45) is 5.10 Å². The predicted octanol–water partition coefficient (Wildman–Crippen LogP) is 2.88. The Labute approximate surface area is 162 Å². The van der Waals surface area contributed by atoms with Crippen LogP contribution >= 0.6 is 0 Å². The molecular weight excluding hydrogens is 393 g/mol. The third-order valence-electron chi connectivity index (χ3n) is 3.70. The van der Waals surface area contributed by atoms with E-state index in [-0.39, 0.29) is 16.8 Å². The number of alkyl halides is 3. The summed E-state index contributed by atoms with van der Waals surface area (Å²) >= 11 is 0. The molecule has 0 heterocycles. The summed E-state index contributed by atoms with van der Waals surface area (Å²) in [4.78, 5) is 34.2. The number of carbonyl (C=O) groups excluding carboxylic acids is 2. The molecule has 0 aliphatic rings. The summed E-state index contributed by atoms with van der Waals surface area (Å²) in [7, 11) is 0. The number of hydrazone groups is 1. The molecule has 0 aliphatic heterocycles. The van der Waals surface area contributed by atoms with E-state index in [9.17, 15) is 32.9 Å². The van der Waals surface area contributed by atoms with E-state index < -0.39 is 34.5 Å². The number of hydrogen-bond acceptors (Lipinski definition) is 5. The molecule has 8 nitrogen and oxygen atoms in total. The number of nitrogens with zero attached hydrogens (tertiary/aromatic N) is 2. The van der Waals surface area contributed by atoms with Gasteiger partial charge in [0.15, 0.2) is 0 Å². The molecule has 0 saturated heterocycles. The van der Waals surface area contributed by atoms with Crippen LogP contribution in [0.3, 0.4) is 0 Å². The molecule has 0 aromatic heterocycles. The van der Waals surface area contributed by atoms with Gasteiger partial charge in [-0.2, -0.15) is 18.3 Å². The maximum absolute atomic E-state index is 12.9. The Hall–Kier alpha value is -3.76. The first-order valence-electron chi connectivity index (χ1n) is 8.14. The highest BCUT2D eigenvalue weighted by molar-refractivity contribution is 5.98. The second kappa shape index (κ2) is 8.95. The van der Waals surface area contributed by atoms with E-state index in [1.807, 2.05) is 5.43 Å². The van der Waals surface area contributed by atoms with Gasteiger partial charge in [-0.15, -0.1) is 0 Å². The van der Waals surface area contributed by atoms with Crippen LogP contribution in [0.25, 0.3) is 0 Å². The number of nitro groups is 1. The first-order chi connectivity index (χ1) is 13.6. The minimum absolute atomic E-state index is 0.0264. The lowest BCUT2D eigenvalue weighted by Gasteiger charge is -2.12. The molecule has 0 radical (unpaired) electrons. The Kier molecular flexibility index (Phi) is 6.65.